The van der Waals surface area contributed by atoms with Crippen molar-refractivity contribution in [1.29, 1.82) is 0 Å². The molecule has 0 N–H and O–H groups in total. The second-order valence-corrected chi connectivity index (χ2v) is 7.88. The fourth-order valence-electron chi connectivity index (χ4n) is 3.14. The zero-order chi connectivity index (χ0) is 22.5. The van der Waals surface area contributed by atoms with Crippen LogP contribution < -0.4 is 9.47 Å². The molecule has 0 fully saturated rings. The van der Waals surface area contributed by atoms with Gasteiger partial charge in [0.05, 0.1) is 12.1 Å². The Hall–Kier alpha value is -3.28. The standard InChI is InChI=1S/C25H20Cl2N2O3/c1-16-5-3-4-6-22(16)31-15-18-13-17(7-11-23(18)30-2)8-12-24-28-25(29-32-24)20-10-9-19(26)14-21(20)27/h3-14H,15H2,1-2H3/b12-8-. The number of benzene rings is 3. The Morgan fingerprint density at radius 1 is 0.969 bits per heavy atom. The Bertz CT molecular complexity index is 1270. The molecule has 1 heterocycles. The van der Waals surface area contributed by atoms with Crippen LogP contribution in [-0.4, -0.2) is 17.3 Å². The smallest absolute Gasteiger partial charge is 0.250 e. The van der Waals surface area contributed by atoms with Gasteiger partial charge in [0.1, 0.15) is 18.1 Å². The van der Waals surface area contributed by atoms with Gasteiger partial charge in [-0.15, -0.1) is 0 Å². The highest BCUT2D eigenvalue weighted by Crippen LogP contribution is 2.29. The summed E-state index contributed by atoms with van der Waals surface area (Å²) in [6.07, 6.45) is 3.63. The number of nitrogens with zero attached hydrogens (tertiary/aromatic N) is 2. The lowest BCUT2D eigenvalue weighted by molar-refractivity contribution is 0.295. The van der Waals surface area contributed by atoms with Crippen LogP contribution in [0, 0.1) is 6.92 Å². The third-order valence-electron chi connectivity index (χ3n) is 4.81. The van der Waals surface area contributed by atoms with Crippen molar-refractivity contribution in [2.75, 3.05) is 7.11 Å². The molecular formula is C25H20Cl2N2O3. The molecule has 0 atom stereocenters. The lowest BCUT2D eigenvalue weighted by atomic mass is 10.1. The van der Waals surface area contributed by atoms with E-state index in [4.69, 9.17) is 37.2 Å². The van der Waals surface area contributed by atoms with Gasteiger partial charge in [0.25, 0.3) is 5.89 Å². The van der Waals surface area contributed by atoms with Crippen molar-refractivity contribution in [2.45, 2.75) is 13.5 Å². The Morgan fingerprint density at radius 3 is 2.59 bits per heavy atom. The van der Waals surface area contributed by atoms with Gasteiger partial charge < -0.3 is 14.0 Å². The molecule has 4 rings (SSSR count). The number of aromatic nitrogens is 2. The molecule has 7 heteroatoms. The van der Waals surface area contributed by atoms with Crippen molar-refractivity contribution in [2.24, 2.45) is 0 Å². The van der Waals surface area contributed by atoms with Crippen LogP contribution in [0.5, 0.6) is 11.5 Å². The number of rotatable bonds is 7. The molecule has 162 valence electrons. The van der Waals surface area contributed by atoms with Gasteiger partial charge in [-0.2, -0.15) is 4.98 Å². The van der Waals surface area contributed by atoms with E-state index in [1.807, 2.05) is 55.5 Å². The third-order valence-corrected chi connectivity index (χ3v) is 5.36. The van der Waals surface area contributed by atoms with Crippen molar-refractivity contribution < 1.29 is 14.0 Å². The molecule has 0 saturated carbocycles. The molecule has 0 spiro atoms. The fraction of sp³-hybridized carbons (Fsp3) is 0.120. The van der Waals surface area contributed by atoms with Crippen molar-refractivity contribution in [3.63, 3.8) is 0 Å². The minimum atomic E-state index is 0.361. The summed E-state index contributed by atoms with van der Waals surface area (Å²) < 4.78 is 16.8. The number of hydrogen-bond acceptors (Lipinski definition) is 5. The highest BCUT2D eigenvalue weighted by atomic mass is 35.5. The summed E-state index contributed by atoms with van der Waals surface area (Å²) in [6, 6.07) is 18.9. The maximum Gasteiger partial charge on any atom is 0.250 e. The average molecular weight is 467 g/mol. The van der Waals surface area contributed by atoms with Crippen LogP contribution in [0.1, 0.15) is 22.6 Å². The molecule has 4 aromatic rings. The molecule has 0 aliphatic rings. The van der Waals surface area contributed by atoms with E-state index in [0.29, 0.717) is 33.9 Å². The second kappa shape index (κ2) is 9.90. The second-order valence-electron chi connectivity index (χ2n) is 7.04. The first-order valence-corrected chi connectivity index (χ1v) is 10.6. The number of hydrogen-bond donors (Lipinski definition) is 0. The molecule has 1 aromatic heterocycles. The molecule has 0 radical (unpaired) electrons. The lowest BCUT2D eigenvalue weighted by Crippen LogP contribution is -2.00. The molecule has 3 aromatic carbocycles. The summed E-state index contributed by atoms with van der Waals surface area (Å²) in [4.78, 5) is 4.39. The minimum Gasteiger partial charge on any atom is -0.496 e. The summed E-state index contributed by atoms with van der Waals surface area (Å²) in [6.45, 7) is 2.40. The highest BCUT2D eigenvalue weighted by molar-refractivity contribution is 6.36. The first-order valence-electron chi connectivity index (χ1n) is 9.86. The van der Waals surface area contributed by atoms with Gasteiger partial charge in [0.15, 0.2) is 0 Å². The van der Waals surface area contributed by atoms with Gasteiger partial charge in [-0.1, -0.05) is 52.6 Å². The summed E-state index contributed by atoms with van der Waals surface area (Å²) in [7, 11) is 1.64. The molecule has 0 unspecified atom stereocenters. The first-order chi connectivity index (χ1) is 15.5. The Morgan fingerprint density at radius 2 is 1.81 bits per heavy atom. The fourth-order valence-corrected chi connectivity index (χ4v) is 3.63. The van der Waals surface area contributed by atoms with Crippen LogP contribution in [0.3, 0.4) is 0 Å². The zero-order valence-corrected chi connectivity index (χ0v) is 19.0. The number of halogens is 2. The predicted molar refractivity (Wildman–Crippen MR) is 127 cm³/mol. The van der Waals surface area contributed by atoms with Gasteiger partial charge in [0, 0.05) is 22.2 Å². The quantitative estimate of drug-likeness (QED) is 0.290. The van der Waals surface area contributed by atoms with Gasteiger partial charge in [-0.25, -0.2) is 0 Å². The van der Waals surface area contributed by atoms with E-state index in [0.717, 1.165) is 28.2 Å². The SMILES string of the molecule is COc1ccc(/C=C\c2nc(-c3ccc(Cl)cc3Cl)no2)cc1COc1ccccc1C. The summed E-state index contributed by atoms with van der Waals surface area (Å²) in [5.41, 5.74) is 3.60. The van der Waals surface area contributed by atoms with Crippen LogP contribution >= 0.6 is 23.2 Å². The van der Waals surface area contributed by atoms with Crippen LogP contribution in [0.4, 0.5) is 0 Å². The van der Waals surface area contributed by atoms with E-state index in [-0.39, 0.29) is 0 Å². The van der Waals surface area contributed by atoms with Crippen LogP contribution in [0.2, 0.25) is 10.0 Å². The molecule has 0 aliphatic heterocycles. The zero-order valence-electron chi connectivity index (χ0n) is 17.5. The number of methoxy groups -OCH3 is 1. The number of para-hydroxylation sites is 1. The Kier molecular flexibility index (Phi) is 6.78. The van der Waals surface area contributed by atoms with Gasteiger partial charge in [-0.3, -0.25) is 0 Å². The van der Waals surface area contributed by atoms with Gasteiger partial charge in [-0.05, 0) is 60.5 Å². The minimum absolute atomic E-state index is 0.361. The van der Waals surface area contributed by atoms with E-state index in [1.165, 1.54) is 0 Å². The molecular weight excluding hydrogens is 447 g/mol. The normalized spacial score (nSPS) is 11.1. The van der Waals surface area contributed by atoms with Crippen molar-refractivity contribution in [3.05, 3.63) is 93.3 Å². The molecule has 32 heavy (non-hydrogen) atoms. The molecule has 0 saturated heterocycles. The predicted octanol–water partition coefficient (Wildman–Crippen LogP) is 7.11. The van der Waals surface area contributed by atoms with E-state index < -0.39 is 0 Å². The largest absolute Gasteiger partial charge is 0.496 e. The average Bonchev–Trinajstić information content (AvgIpc) is 3.26. The van der Waals surface area contributed by atoms with Crippen LogP contribution in [0.15, 0.2) is 65.2 Å². The lowest BCUT2D eigenvalue weighted by Gasteiger charge is -2.12. The maximum atomic E-state index is 6.23. The van der Waals surface area contributed by atoms with Crippen molar-refractivity contribution >= 4 is 35.4 Å². The number of ether oxygens (including phenoxy) is 2. The third kappa shape index (κ3) is 5.13. The Balaban J connectivity index is 1.51. The molecule has 0 amide bonds. The van der Waals surface area contributed by atoms with Crippen molar-refractivity contribution in [3.8, 4) is 22.9 Å². The number of aryl methyl sites for hydroxylation is 1. The first kappa shape index (κ1) is 21.9. The molecule has 5 nitrogen and oxygen atoms in total. The van der Waals surface area contributed by atoms with Gasteiger partial charge in [0.2, 0.25) is 5.82 Å². The summed E-state index contributed by atoms with van der Waals surface area (Å²) in [5, 5.41) is 5.01. The topological polar surface area (TPSA) is 57.4 Å². The van der Waals surface area contributed by atoms with Crippen molar-refractivity contribution in [1.82, 2.24) is 10.1 Å². The van der Waals surface area contributed by atoms with Gasteiger partial charge >= 0.3 is 0 Å². The van der Waals surface area contributed by atoms with E-state index >= 15 is 0 Å². The van der Waals surface area contributed by atoms with E-state index in [9.17, 15) is 0 Å². The Labute approximate surface area is 196 Å². The van der Waals surface area contributed by atoms with E-state index in [2.05, 4.69) is 10.1 Å². The summed E-state index contributed by atoms with van der Waals surface area (Å²) >= 11 is 12.2. The molecule has 0 aliphatic carbocycles. The van der Waals surface area contributed by atoms with Crippen LogP contribution in [-0.2, 0) is 6.61 Å². The summed E-state index contributed by atoms with van der Waals surface area (Å²) in [5.74, 6) is 2.36. The van der Waals surface area contributed by atoms with E-state index in [1.54, 1.807) is 31.4 Å². The monoisotopic (exact) mass is 466 g/mol. The maximum absolute atomic E-state index is 6.23. The highest BCUT2D eigenvalue weighted by Gasteiger charge is 2.11. The van der Waals surface area contributed by atoms with Crippen LogP contribution in [0.25, 0.3) is 23.5 Å². The molecule has 0 bridgehead atoms.